The number of fused-ring (bicyclic) bond motifs is 1. The number of hydrogen-bond acceptors (Lipinski definition) is 3. The normalized spacial score (nSPS) is 10.8. The molecule has 3 nitrogen and oxygen atoms in total. The Morgan fingerprint density at radius 3 is 2.68 bits per heavy atom. The summed E-state index contributed by atoms with van der Waals surface area (Å²) in [6, 6.07) is 16.2. The van der Waals surface area contributed by atoms with Gasteiger partial charge in [-0.3, -0.25) is 0 Å². The van der Waals surface area contributed by atoms with Gasteiger partial charge in [-0.2, -0.15) is 0 Å². The van der Waals surface area contributed by atoms with E-state index in [-0.39, 0.29) is 0 Å². The highest BCUT2D eigenvalue weighted by atomic mass is 16.5. The van der Waals surface area contributed by atoms with E-state index in [1.807, 2.05) is 30.3 Å². The van der Waals surface area contributed by atoms with Crippen LogP contribution in [-0.2, 0) is 13.2 Å². The molecular formula is C16H15NO2. The maximum absolute atomic E-state index is 5.79. The number of nitrogens with two attached hydrogens (primary N) is 1. The molecule has 2 aromatic carbocycles. The van der Waals surface area contributed by atoms with E-state index in [1.165, 1.54) is 10.8 Å². The average molecular weight is 253 g/mol. The fourth-order valence-corrected chi connectivity index (χ4v) is 2.09. The summed E-state index contributed by atoms with van der Waals surface area (Å²) in [4.78, 5) is 0. The van der Waals surface area contributed by atoms with Gasteiger partial charge in [0.25, 0.3) is 0 Å². The Kier molecular flexibility index (Phi) is 3.21. The van der Waals surface area contributed by atoms with Crippen molar-refractivity contribution in [3.8, 4) is 5.75 Å². The van der Waals surface area contributed by atoms with E-state index in [0.717, 1.165) is 17.1 Å². The third-order valence-corrected chi connectivity index (χ3v) is 3.14. The first kappa shape index (κ1) is 11.8. The number of benzene rings is 2. The van der Waals surface area contributed by atoms with Crippen LogP contribution in [0.15, 0.2) is 59.2 Å². The van der Waals surface area contributed by atoms with Crippen molar-refractivity contribution in [2.24, 2.45) is 5.73 Å². The molecule has 0 atom stereocenters. The van der Waals surface area contributed by atoms with E-state index in [0.29, 0.717) is 13.2 Å². The van der Waals surface area contributed by atoms with Crippen molar-refractivity contribution in [2.75, 3.05) is 0 Å². The quantitative estimate of drug-likeness (QED) is 0.774. The summed E-state index contributed by atoms with van der Waals surface area (Å²) < 4.78 is 11.1. The SMILES string of the molecule is NCc1occc1COc1ccc2ccccc2c1. The Morgan fingerprint density at radius 1 is 1.00 bits per heavy atom. The van der Waals surface area contributed by atoms with Crippen LogP contribution in [0.2, 0.25) is 0 Å². The molecule has 0 aliphatic heterocycles. The predicted octanol–water partition coefficient (Wildman–Crippen LogP) is 3.47. The zero-order chi connectivity index (χ0) is 13.1. The second-order valence-corrected chi connectivity index (χ2v) is 4.37. The lowest BCUT2D eigenvalue weighted by Gasteiger charge is -2.07. The van der Waals surface area contributed by atoms with Gasteiger partial charge in [0.2, 0.25) is 0 Å². The fourth-order valence-electron chi connectivity index (χ4n) is 2.09. The maximum atomic E-state index is 5.79. The molecule has 2 N–H and O–H groups in total. The lowest BCUT2D eigenvalue weighted by Crippen LogP contribution is -2.01. The van der Waals surface area contributed by atoms with E-state index in [4.69, 9.17) is 14.9 Å². The molecule has 1 heterocycles. The Morgan fingerprint density at radius 2 is 1.84 bits per heavy atom. The summed E-state index contributed by atoms with van der Waals surface area (Å²) in [6.45, 7) is 0.866. The van der Waals surface area contributed by atoms with Crippen molar-refractivity contribution in [2.45, 2.75) is 13.2 Å². The van der Waals surface area contributed by atoms with Crippen LogP contribution in [0.4, 0.5) is 0 Å². The van der Waals surface area contributed by atoms with Crippen LogP contribution in [0.5, 0.6) is 5.75 Å². The number of furan rings is 1. The second kappa shape index (κ2) is 5.16. The summed E-state index contributed by atoms with van der Waals surface area (Å²) in [7, 11) is 0. The van der Waals surface area contributed by atoms with Gasteiger partial charge in [0.15, 0.2) is 0 Å². The molecule has 0 saturated carbocycles. The molecule has 19 heavy (non-hydrogen) atoms. The van der Waals surface area contributed by atoms with Gasteiger partial charge >= 0.3 is 0 Å². The maximum Gasteiger partial charge on any atom is 0.123 e. The van der Waals surface area contributed by atoms with Crippen molar-refractivity contribution in [3.63, 3.8) is 0 Å². The molecule has 3 aromatic rings. The van der Waals surface area contributed by atoms with Gasteiger partial charge < -0.3 is 14.9 Å². The van der Waals surface area contributed by atoms with Crippen LogP contribution in [0.25, 0.3) is 10.8 Å². The zero-order valence-corrected chi connectivity index (χ0v) is 10.5. The topological polar surface area (TPSA) is 48.4 Å². The molecule has 0 bridgehead atoms. The van der Waals surface area contributed by atoms with Crippen LogP contribution >= 0.6 is 0 Å². The largest absolute Gasteiger partial charge is 0.489 e. The van der Waals surface area contributed by atoms with Gasteiger partial charge in [-0.1, -0.05) is 30.3 Å². The molecule has 96 valence electrons. The first-order valence-corrected chi connectivity index (χ1v) is 6.24. The Hall–Kier alpha value is -2.26. The second-order valence-electron chi connectivity index (χ2n) is 4.37. The van der Waals surface area contributed by atoms with Gasteiger partial charge in [0.1, 0.15) is 18.1 Å². The van der Waals surface area contributed by atoms with Gasteiger partial charge in [-0.25, -0.2) is 0 Å². The standard InChI is InChI=1S/C16H15NO2/c17-10-16-14(7-8-18-16)11-19-15-6-5-12-3-1-2-4-13(12)9-15/h1-9H,10-11,17H2. The average Bonchev–Trinajstić information content (AvgIpc) is 2.92. The predicted molar refractivity (Wildman–Crippen MR) is 74.9 cm³/mol. The van der Waals surface area contributed by atoms with Crippen molar-refractivity contribution in [1.29, 1.82) is 0 Å². The molecule has 0 saturated heterocycles. The summed E-state index contributed by atoms with van der Waals surface area (Å²) in [5, 5.41) is 2.38. The number of rotatable bonds is 4. The Labute approximate surface area is 111 Å². The van der Waals surface area contributed by atoms with Crippen LogP contribution < -0.4 is 10.5 Å². The highest BCUT2D eigenvalue weighted by molar-refractivity contribution is 5.83. The molecule has 0 fully saturated rings. The minimum absolute atomic E-state index is 0.392. The van der Waals surface area contributed by atoms with Gasteiger partial charge in [-0.05, 0) is 29.0 Å². The van der Waals surface area contributed by atoms with Gasteiger partial charge in [-0.15, -0.1) is 0 Å². The first-order valence-electron chi connectivity index (χ1n) is 6.24. The summed E-state index contributed by atoms with van der Waals surface area (Å²) in [5.74, 6) is 1.63. The Bertz CT molecular complexity index is 688. The van der Waals surface area contributed by atoms with E-state index in [9.17, 15) is 0 Å². The van der Waals surface area contributed by atoms with Crippen LogP contribution in [-0.4, -0.2) is 0 Å². The Balaban J connectivity index is 1.78. The fraction of sp³-hybridized carbons (Fsp3) is 0.125. The third kappa shape index (κ3) is 2.46. The van der Waals surface area contributed by atoms with Crippen molar-refractivity contribution >= 4 is 10.8 Å². The highest BCUT2D eigenvalue weighted by Crippen LogP contribution is 2.22. The molecule has 3 heteroatoms. The van der Waals surface area contributed by atoms with Gasteiger partial charge in [0, 0.05) is 5.56 Å². The molecule has 0 unspecified atom stereocenters. The van der Waals surface area contributed by atoms with E-state index in [2.05, 4.69) is 18.2 Å². The molecule has 3 rings (SSSR count). The van der Waals surface area contributed by atoms with Crippen molar-refractivity contribution < 1.29 is 9.15 Å². The number of ether oxygens (including phenoxy) is 1. The van der Waals surface area contributed by atoms with E-state index < -0.39 is 0 Å². The van der Waals surface area contributed by atoms with E-state index in [1.54, 1.807) is 6.26 Å². The molecule has 0 amide bonds. The van der Waals surface area contributed by atoms with Crippen LogP contribution in [0, 0.1) is 0 Å². The summed E-state index contributed by atoms with van der Waals surface area (Å²) >= 11 is 0. The zero-order valence-electron chi connectivity index (χ0n) is 10.5. The monoisotopic (exact) mass is 253 g/mol. The van der Waals surface area contributed by atoms with Crippen LogP contribution in [0.3, 0.4) is 0 Å². The molecule has 1 aromatic heterocycles. The lowest BCUT2D eigenvalue weighted by molar-refractivity contribution is 0.302. The lowest BCUT2D eigenvalue weighted by atomic mass is 10.1. The first-order chi connectivity index (χ1) is 9.36. The third-order valence-electron chi connectivity index (χ3n) is 3.14. The molecule has 0 radical (unpaired) electrons. The molecule has 0 aliphatic carbocycles. The minimum atomic E-state index is 0.392. The van der Waals surface area contributed by atoms with Crippen LogP contribution in [0.1, 0.15) is 11.3 Å². The van der Waals surface area contributed by atoms with E-state index >= 15 is 0 Å². The highest BCUT2D eigenvalue weighted by Gasteiger charge is 2.05. The molecular weight excluding hydrogens is 238 g/mol. The number of hydrogen-bond donors (Lipinski definition) is 1. The summed E-state index contributed by atoms with van der Waals surface area (Å²) in [6.07, 6.45) is 1.64. The van der Waals surface area contributed by atoms with Gasteiger partial charge in [0.05, 0.1) is 12.8 Å². The minimum Gasteiger partial charge on any atom is -0.489 e. The smallest absolute Gasteiger partial charge is 0.123 e. The summed E-state index contributed by atoms with van der Waals surface area (Å²) in [5.41, 5.74) is 6.59. The van der Waals surface area contributed by atoms with Crippen molar-refractivity contribution in [3.05, 3.63) is 66.1 Å². The van der Waals surface area contributed by atoms with Crippen molar-refractivity contribution in [1.82, 2.24) is 0 Å². The molecule has 0 spiro atoms. The molecule has 0 aliphatic rings.